The monoisotopic (exact) mass is 292 g/mol. The highest BCUT2D eigenvalue weighted by atomic mass is 14.8. The van der Waals surface area contributed by atoms with Gasteiger partial charge >= 0.3 is 0 Å². The van der Waals surface area contributed by atoms with Crippen molar-refractivity contribution in [3.63, 3.8) is 0 Å². The van der Waals surface area contributed by atoms with Gasteiger partial charge in [0.05, 0.1) is 6.04 Å². The van der Waals surface area contributed by atoms with Crippen molar-refractivity contribution in [3.05, 3.63) is 59.5 Å². The third-order valence-electron chi connectivity index (χ3n) is 4.36. The fraction of sp³-hybridized carbons (Fsp3) is 0.400. The van der Waals surface area contributed by atoms with Crippen LogP contribution in [0.1, 0.15) is 51.5 Å². The summed E-state index contributed by atoms with van der Waals surface area (Å²) in [5.41, 5.74) is 6.55. The number of aliphatic imine (C=N–C) groups is 1. The molecule has 114 valence electrons. The Kier molecular flexibility index (Phi) is 4.67. The first-order valence-corrected chi connectivity index (χ1v) is 8.34. The maximum atomic E-state index is 5.04. The molecule has 0 N–H and O–H groups in total. The van der Waals surface area contributed by atoms with Crippen LogP contribution >= 0.6 is 0 Å². The summed E-state index contributed by atoms with van der Waals surface area (Å²) in [6.07, 6.45) is 16.5. The number of pyridine rings is 1. The average Bonchev–Trinajstić information content (AvgIpc) is 2.92. The number of fused-ring (bicyclic) bond motifs is 1. The second kappa shape index (κ2) is 6.87. The van der Waals surface area contributed by atoms with Crippen molar-refractivity contribution in [2.24, 2.45) is 4.99 Å². The van der Waals surface area contributed by atoms with E-state index in [4.69, 9.17) is 4.99 Å². The van der Waals surface area contributed by atoms with Crippen LogP contribution in [0.2, 0.25) is 0 Å². The van der Waals surface area contributed by atoms with Gasteiger partial charge in [-0.1, -0.05) is 37.1 Å². The predicted octanol–water partition coefficient (Wildman–Crippen LogP) is 5.14. The lowest BCUT2D eigenvalue weighted by atomic mass is 9.89. The van der Waals surface area contributed by atoms with Crippen molar-refractivity contribution in [1.82, 2.24) is 4.98 Å². The first kappa shape index (κ1) is 15.0. The fourth-order valence-electron chi connectivity index (χ4n) is 3.18. The molecule has 1 atom stereocenters. The molecule has 1 aromatic heterocycles. The third kappa shape index (κ3) is 3.27. The summed E-state index contributed by atoms with van der Waals surface area (Å²) < 4.78 is 0. The molecule has 0 saturated heterocycles. The number of hydrogen-bond acceptors (Lipinski definition) is 2. The van der Waals surface area contributed by atoms with E-state index >= 15 is 0 Å². The van der Waals surface area contributed by atoms with Crippen molar-refractivity contribution >= 4 is 11.3 Å². The Balaban J connectivity index is 1.98. The molecule has 0 aromatic carbocycles. The Hall–Kier alpha value is -1.96. The van der Waals surface area contributed by atoms with Crippen LogP contribution in [0.25, 0.3) is 5.57 Å². The van der Waals surface area contributed by atoms with Crippen LogP contribution in [0.3, 0.4) is 0 Å². The van der Waals surface area contributed by atoms with Crippen LogP contribution in [0.4, 0.5) is 0 Å². The summed E-state index contributed by atoms with van der Waals surface area (Å²) >= 11 is 0. The Morgan fingerprint density at radius 2 is 2.18 bits per heavy atom. The van der Waals surface area contributed by atoms with Crippen LogP contribution in [-0.2, 0) is 0 Å². The zero-order chi connectivity index (χ0) is 15.4. The molecule has 2 nitrogen and oxygen atoms in total. The molecule has 0 radical (unpaired) electrons. The van der Waals surface area contributed by atoms with Gasteiger partial charge in [0.1, 0.15) is 0 Å². The number of hydrogen-bond donors (Lipinski definition) is 0. The minimum absolute atomic E-state index is 0.194. The molecule has 1 aliphatic carbocycles. The summed E-state index contributed by atoms with van der Waals surface area (Å²) in [5.74, 6) is 0. The normalized spacial score (nSPS) is 25.8. The molecule has 2 aliphatic rings. The van der Waals surface area contributed by atoms with E-state index in [1.165, 1.54) is 40.8 Å². The molecule has 2 heterocycles. The van der Waals surface area contributed by atoms with Crippen molar-refractivity contribution in [1.29, 1.82) is 0 Å². The van der Waals surface area contributed by atoms with Crippen LogP contribution in [0, 0.1) is 0 Å². The molecule has 2 heteroatoms. The van der Waals surface area contributed by atoms with Crippen LogP contribution in [0.5, 0.6) is 0 Å². The largest absolute Gasteiger partial charge is 0.277 e. The highest BCUT2D eigenvalue weighted by molar-refractivity contribution is 6.00. The summed E-state index contributed by atoms with van der Waals surface area (Å²) in [7, 11) is 0. The molecule has 0 amide bonds. The van der Waals surface area contributed by atoms with Gasteiger partial charge in [-0.05, 0) is 61.5 Å². The Morgan fingerprint density at radius 1 is 1.27 bits per heavy atom. The van der Waals surface area contributed by atoms with Crippen molar-refractivity contribution in [3.8, 4) is 0 Å². The molecular formula is C20H24N2. The average molecular weight is 292 g/mol. The van der Waals surface area contributed by atoms with E-state index in [-0.39, 0.29) is 6.04 Å². The van der Waals surface area contributed by atoms with E-state index in [1.807, 2.05) is 18.5 Å². The highest BCUT2D eigenvalue weighted by Crippen LogP contribution is 2.34. The maximum Gasteiger partial charge on any atom is 0.0972 e. The summed E-state index contributed by atoms with van der Waals surface area (Å²) in [5, 5.41) is 0. The van der Waals surface area contributed by atoms with Gasteiger partial charge in [0.2, 0.25) is 0 Å². The molecule has 1 aliphatic heterocycles. The van der Waals surface area contributed by atoms with Crippen molar-refractivity contribution in [2.45, 2.75) is 52.0 Å². The molecule has 22 heavy (non-hydrogen) atoms. The SMILES string of the molecule is CCCCC1=NC2C(=C1)CC/C=C(C)/C=C\2c1cccnc1. The zero-order valence-corrected chi connectivity index (χ0v) is 13.5. The minimum Gasteiger partial charge on any atom is -0.277 e. The highest BCUT2D eigenvalue weighted by Gasteiger charge is 2.25. The zero-order valence-electron chi connectivity index (χ0n) is 13.5. The predicted molar refractivity (Wildman–Crippen MR) is 94.0 cm³/mol. The number of allylic oxidation sites excluding steroid dienone is 4. The van der Waals surface area contributed by atoms with Crippen molar-refractivity contribution < 1.29 is 0 Å². The van der Waals surface area contributed by atoms with Crippen LogP contribution < -0.4 is 0 Å². The first-order valence-electron chi connectivity index (χ1n) is 8.34. The van der Waals surface area contributed by atoms with Gasteiger partial charge in [-0.25, -0.2) is 0 Å². The van der Waals surface area contributed by atoms with E-state index in [9.17, 15) is 0 Å². The number of aromatic nitrogens is 1. The van der Waals surface area contributed by atoms with Crippen LogP contribution in [0.15, 0.2) is 58.9 Å². The lowest BCUT2D eigenvalue weighted by Crippen LogP contribution is -2.10. The topological polar surface area (TPSA) is 25.2 Å². The Bertz CT molecular complexity index is 648. The second-order valence-electron chi connectivity index (χ2n) is 6.17. The van der Waals surface area contributed by atoms with E-state index in [2.05, 4.69) is 43.1 Å². The van der Waals surface area contributed by atoms with E-state index in [1.54, 1.807) is 0 Å². The quantitative estimate of drug-likeness (QED) is 0.754. The molecule has 0 fully saturated rings. The van der Waals surface area contributed by atoms with Gasteiger partial charge in [0.15, 0.2) is 0 Å². The standard InChI is InChI=1S/C20H24N2/c1-3-4-10-18-13-16-8-5-7-15(2)12-19(20(16)22-18)17-9-6-11-21-14-17/h6-7,9,11-14,20H,3-5,8,10H2,1-2H3/b15-7+,19-12-. The smallest absolute Gasteiger partial charge is 0.0972 e. The third-order valence-corrected chi connectivity index (χ3v) is 4.36. The summed E-state index contributed by atoms with van der Waals surface area (Å²) in [4.78, 5) is 9.34. The lowest BCUT2D eigenvalue weighted by Gasteiger charge is -2.19. The van der Waals surface area contributed by atoms with Gasteiger partial charge in [0, 0.05) is 18.1 Å². The molecule has 3 rings (SSSR count). The molecule has 1 unspecified atom stereocenters. The fourth-order valence-corrected chi connectivity index (χ4v) is 3.18. The summed E-state index contributed by atoms with van der Waals surface area (Å²) in [6.45, 7) is 4.42. The van der Waals surface area contributed by atoms with Gasteiger partial charge in [-0.3, -0.25) is 9.98 Å². The van der Waals surface area contributed by atoms with Crippen LogP contribution in [-0.4, -0.2) is 16.7 Å². The first-order chi connectivity index (χ1) is 10.8. The van der Waals surface area contributed by atoms with Gasteiger partial charge in [-0.2, -0.15) is 0 Å². The summed E-state index contributed by atoms with van der Waals surface area (Å²) in [6, 6.07) is 4.35. The number of rotatable bonds is 4. The van der Waals surface area contributed by atoms with E-state index in [0.717, 1.165) is 19.3 Å². The van der Waals surface area contributed by atoms with Crippen molar-refractivity contribution in [2.75, 3.05) is 0 Å². The minimum atomic E-state index is 0.194. The molecule has 0 bridgehead atoms. The molecular weight excluding hydrogens is 268 g/mol. The molecule has 1 aromatic rings. The molecule has 0 saturated carbocycles. The van der Waals surface area contributed by atoms with E-state index < -0.39 is 0 Å². The van der Waals surface area contributed by atoms with E-state index in [0.29, 0.717) is 0 Å². The molecule has 0 spiro atoms. The Labute approximate surface area is 133 Å². The lowest BCUT2D eigenvalue weighted by molar-refractivity contribution is 0.830. The number of unbranched alkanes of at least 4 members (excludes halogenated alkanes) is 1. The number of nitrogens with zero attached hydrogens (tertiary/aromatic N) is 2. The van der Waals surface area contributed by atoms with Gasteiger partial charge < -0.3 is 0 Å². The van der Waals surface area contributed by atoms with Gasteiger partial charge in [-0.15, -0.1) is 0 Å². The second-order valence-corrected chi connectivity index (χ2v) is 6.17. The maximum absolute atomic E-state index is 5.04. The Morgan fingerprint density at radius 3 is 2.95 bits per heavy atom. The van der Waals surface area contributed by atoms with Gasteiger partial charge in [0.25, 0.3) is 0 Å².